The Bertz CT molecular complexity index is 893. The molecule has 5 nitrogen and oxygen atoms in total. The number of carbonyl (C=O) groups excluding carboxylic acids is 1. The molecule has 1 amide bonds. The minimum Gasteiger partial charge on any atom is -0.337 e. The monoisotopic (exact) mass is 386 g/mol. The number of nitrogens with one attached hydrogen (secondary N) is 1. The van der Waals surface area contributed by atoms with Gasteiger partial charge in [0.1, 0.15) is 21.2 Å². The van der Waals surface area contributed by atoms with Gasteiger partial charge in [-0.3, -0.25) is 4.79 Å². The number of thioether (sulfide) groups is 1. The number of thiophene rings is 1. The Morgan fingerprint density at radius 2 is 2.04 bits per heavy atom. The van der Waals surface area contributed by atoms with Crippen LogP contribution in [0.15, 0.2) is 5.03 Å². The first-order chi connectivity index (χ1) is 12.6. The Balaban J connectivity index is 1.54. The van der Waals surface area contributed by atoms with Crippen LogP contribution in [0.4, 0.5) is 0 Å². The summed E-state index contributed by atoms with van der Waals surface area (Å²) in [5, 5.41) is 14.5. The van der Waals surface area contributed by atoms with Crippen molar-refractivity contribution in [2.75, 3.05) is 5.75 Å². The number of amides is 1. The molecular weight excluding hydrogens is 364 g/mol. The van der Waals surface area contributed by atoms with Gasteiger partial charge in [-0.25, -0.2) is 9.97 Å². The fourth-order valence-corrected chi connectivity index (χ4v) is 6.28. The average Bonchev–Trinajstić information content (AvgIpc) is 3.24. The van der Waals surface area contributed by atoms with Crippen molar-refractivity contribution in [3.63, 3.8) is 0 Å². The number of nitriles is 1. The Kier molecular flexibility index (Phi) is 4.89. The second-order valence-electron chi connectivity index (χ2n) is 7.20. The van der Waals surface area contributed by atoms with Crippen LogP contribution >= 0.6 is 23.1 Å². The summed E-state index contributed by atoms with van der Waals surface area (Å²) in [5.41, 5.74) is 0.735. The zero-order valence-electron chi connectivity index (χ0n) is 14.9. The van der Waals surface area contributed by atoms with E-state index in [9.17, 15) is 10.1 Å². The van der Waals surface area contributed by atoms with E-state index in [0.29, 0.717) is 5.75 Å². The lowest BCUT2D eigenvalue weighted by Crippen LogP contribution is -2.45. The molecule has 0 radical (unpaired) electrons. The summed E-state index contributed by atoms with van der Waals surface area (Å²) < 4.78 is 0. The number of aromatic nitrogens is 2. The number of hydrogen-bond acceptors (Lipinski definition) is 6. The van der Waals surface area contributed by atoms with Gasteiger partial charge in [0.25, 0.3) is 0 Å². The number of aryl methyl sites for hydroxylation is 3. The predicted octanol–water partition coefficient (Wildman–Crippen LogP) is 3.92. The summed E-state index contributed by atoms with van der Waals surface area (Å²) in [4.78, 5) is 24.2. The SMILES string of the molecule is Cc1nc(SCC(=O)NC2(C#N)CCCC2)c2c3c(sc2n1)CCCC3. The quantitative estimate of drug-likeness (QED) is 0.636. The van der Waals surface area contributed by atoms with Crippen LogP contribution < -0.4 is 5.32 Å². The molecule has 0 saturated heterocycles. The van der Waals surface area contributed by atoms with Crippen LogP contribution in [0.3, 0.4) is 0 Å². The molecule has 7 heteroatoms. The molecule has 4 rings (SSSR count). The summed E-state index contributed by atoms with van der Waals surface area (Å²) in [6, 6.07) is 2.32. The Morgan fingerprint density at radius 1 is 1.27 bits per heavy atom. The molecule has 0 atom stereocenters. The maximum atomic E-state index is 12.5. The molecule has 0 aromatic carbocycles. The summed E-state index contributed by atoms with van der Waals surface area (Å²) in [7, 11) is 0. The first kappa shape index (κ1) is 17.7. The topological polar surface area (TPSA) is 78.7 Å². The zero-order valence-corrected chi connectivity index (χ0v) is 16.6. The van der Waals surface area contributed by atoms with Crippen molar-refractivity contribution >= 4 is 39.2 Å². The van der Waals surface area contributed by atoms with Crippen LogP contribution in [-0.4, -0.2) is 27.2 Å². The maximum absolute atomic E-state index is 12.5. The number of carbonyl (C=O) groups is 1. The summed E-state index contributed by atoms with van der Waals surface area (Å²) in [6.45, 7) is 1.91. The van der Waals surface area contributed by atoms with Crippen molar-refractivity contribution in [2.24, 2.45) is 0 Å². The van der Waals surface area contributed by atoms with Crippen molar-refractivity contribution in [1.82, 2.24) is 15.3 Å². The molecule has 1 N–H and O–H groups in total. The summed E-state index contributed by atoms with van der Waals surface area (Å²) in [6.07, 6.45) is 8.20. The molecule has 1 fully saturated rings. The minimum atomic E-state index is -0.657. The highest BCUT2D eigenvalue weighted by molar-refractivity contribution is 8.00. The maximum Gasteiger partial charge on any atom is 0.231 e. The Morgan fingerprint density at radius 3 is 2.81 bits per heavy atom. The van der Waals surface area contributed by atoms with E-state index in [1.807, 2.05) is 6.92 Å². The van der Waals surface area contributed by atoms with Crippen LogP contribution in [0.2, 0.25) is 0 Å². The van der Waals surface area contributed by atoms with Gasteiger partial charge in [0.15, 0.2) is 0 Å². The Hall–Kier alpha value is -1.65. The van der Waals surface area contributed by atoms with E-state index >= 15 is 0 Å². The van der Waals surface area contributed by atoms with Gasteiger partial charge in [0.05, 0.1) is 11.8 Å². The first-order valence-corrected chi connectivity index (χ1v) is 11.0. The smallest absolute Gasteiger partial charge is 0.231 e. The van der Waals surface area contributed by atoms with E-state index in [1.54, 1.807) is 11.3 Å². The third-order valence-corrected chi connectivity index (χ3v) is 7.44. The van der Waals surface area contributed by atoms with E-state index in [2.05, 4.69) is 21.4 Å². The van der Waals surface area contributed by atoms with Gasteiger partial charge in [-0.05, 0) is 63.9 Å². The molecule has 2 aliphatic carbocycles. The van der Waals surface area contributed by atoms with Crippen molar-refractivity contribution < 1.29 is 4.79 Å². The second-order valence-corrected chi connectivity index (χ2v) is 9.25. The lowest BCUT2D eigenvalue weighted by atomic mass is 9.97. The van der Waals surface area contributed by atoms with Gasteiger partial charge in [0.2, 0.25) is 5.91 Å². The number of hydrogen-bond donors (Lipinski definition) is 1. The van der Waals surface area contributed by atoms with Crippen LogP contribution in [0, 0.1) is 18.3 Å². The zero-order chi connectivity index (χ0) is 18.1. The van der Waals surface area contributed by atoms with Gasteiger partial charge in [-0.15, -0.1) is 11.3 Å². The van der Waals surface area contributed by atoms with Crippen molar-refractivity contribution in [3.8, 4) is 6.07 Å². The molecule has 0 bridgehead atoms. The van der Waals surface area contributed by atoms with E-state index in [4.69, 9.17) is 0 Å². The van der Waals surface area contributed by atoms with Crippen LogP contribution in [-0.2, 0) is 17.6 Å². The molecule has 1 saturated carbocycles. The van der Waals surface area contributed by atoms with Crippen LogP contribution in [0.5, 0.6) is 0 Å². The predicted molar refractivity (Wildman–Crippen MR) is 104 cm³/mol. The van der Waals surface area contributed by atoms with Crippen molar-refractivity contribution in [1.29, 1.82) is 5.26 Å². The van der Waals surface area contributed by atoms with E-state index in [0.717, 1.165) is 59.6 Å². The third-order valence-electron chi connectivity index (χ3n) is 5.28. The summed E-state index contributed by atoms with van der Waals surface area (Å²) >= 11 is 3.26. The summed E-state index contributed by atoms with van der Waals surface area (Å²) in [5.74, 6) is 0.967. The standard InChI is InChI=1S/C19H22N4OS2/c1-12-21-17(16-13-6-2-3-7-14(13)26-18(16)22-12)25-10-15(24)23-19(11-20)8-4-5-9-19/h2-10H2,1H3,(H,23,24). The van der Waals surface area contributed by atoms with E-state index in [-0.39, 0.29) is 5.91 Å². The molecule has 0 unspecified atom stereocenters. The molecule has 2 aromatic rings. The lowest BCUT2D eigenvalue weighted by Gasteiger charge is -2.21. The Labute approximate surface area is 161 Å². The third kappa shape index (κ3) is 3.33. The highest BCUT2D eigenvalue weighted by Gasteiger charge is 2.35. The van der Waals surface area contributed by atoms with Gasteiger partial charge >= 0.3 is 0 Å². The number of rotatable bonds is 4. The molecule has 26 heavy (non-hydrogen) atoms. The molecule has 136 valence electrons. The van der Waals surface area contributed by atoms with Gasteiger partial charge in [-0.2, -0.15) is 5.26 Å². The highest BCUT2D eigenvalue weighted by atomic mass is 32.2. The normalized spacial score (nSPS) is 18.5. The van der Waals surface area contributed by atoms with Crippen LogP contribution in [0.25, 0.3) is 10.2 Å². The fourth-order valence-electron chi connectivity index (χ4n) is 4.01. The van der Waals surface area contributed by atoms with Crippen molar-refractivity contribution in [3.05, 3.63) is 16.3 Å². The molecule has 2 heterocycles. The van der Waals surface area contributed by atoms with Gasteiger partial charge in [0, 0.05) is 10.3 Å². The van der Waals surface area contributed by atoms with E-state index in [1.165, 1.54) is 35.0 Å². The average molecular weight is 387 g/mol. The molecule has 0 aliphatic heterocycles. The van der Waals surface area contributed by atoms with Crippen LogP contribution in [0.1, 0.15) is 54.8 Å². The largest absolute Gasteiger partial charge is 0.337 e. The van der Waals surface area contributed by atoms with Gasteiger partial charge < -0.3 is 5.32 Å². The minimum absolute atomic E-state index is 0.0769. The number of nitrogens with zero attached hydrogens (tertiary/aromatic N) is 3. The lowest BCUT2D eigenvalue weighted by molar-refractivity contribution is -0.119. The molecular formula is C19H22N4OS2. The molecule has 2 aromatic heterocycles. The van der Waals surface area contributed by atoms with Crippen molar-refractivity contribution in [2.45, 2.75) is 68.9 Å². The molecule has 0 spiro atoms. The molecule has 2 aliphatic rings. The number of fused-ring (bicyclic) bond motifs is 3. The van der Waals surface area contributed by atoms with Gasteiger partial charge in [-0.1, -0.05) is 11.8 Å². The fraction of sp³-hybridized carbons (Fsp3) is 0.579. The highest BCUT2D eigenvalue weighted by Crippen LogP contribution is 2.39. The van der Waals surface area contributed by atoms with E-state index < -0.39 is 5.54 Å². The first-order valence-electron chi connectivity index (χ1n) is 9.24. The second kappa shape index (κ2) is 7.16.